The molecule has 3 rings (SSSR count). The van der Waals surface area contributed by atoms with Crippen LogP contribution in [0, 0.1) is 0 Å². The highest BCUT2D eigenvalue weighted by Gasteiger charge is 2.12. The lowest BCUT2D eigenvalue weighted by Crippen LogP contribution is -2.15. The van der Waals surface area contributed by atoms with Gasteiger partial charge >= 0.3 is 4.87 Å². The van der Waals surface area contributed by atoms with Crippen LogP contribution >= 0.6 is 11.3 Å². The Hall–Kier alpha value is -3.06. The molecule has 6 nitrogen and oxygen atoms in total. The molecule has 0 saturated carbocycles. The quantitative estimate of drug-likeness (QED) is 0.622. The molecule has 3 N–H and O–H groups in total. The van der Waals surface area contributed by atoms with Crippen LogP contribution in [0.3, 0.4) is 0 Å². The van der Waals surface area contributed by atoms with Gasteiger partial charge in [0.2, 0.25) is 11.8 Å². The third-order valence-corrected chi connectivity index (χ3v) is 4.68. The fourth-order valence-electron chi connectivity index (χ4n) is 2.60. The minimum absolute atomic E-state index is 0.120. The Morgan fingerprint density at radius 3 is 2.62 bits per heavy atom. The summed E-state index contributed by atoms with van der Waals surface area (Å²) in [5.41, 5.74) is 2.31. The second kappa shape index (κ2) is 7.88. The van der Waals surface area contributed by atoms with Crippen molar-refractivity contribution in [3.63, 3.8) is 0 Å². The molecule has 0 unspecified atom stereocenters. The lowest BCUT2D eigenvalue weighted by molar-refractivity contribution is -0.115. The van der Waals surface area contributed by atoms with Crippen molar-refractivity contribution in [2.45, 2.75) is 12.8 Å². The molecule has 0 atom stereocenters. The van der Waals surface area contributed by atoms with Gasteiger partial charge in [-0.25, -0.2) is 0 Å². The van der Waals surface area contributed by atoms with E-state index in [0.29, 0.717) is 22.7 Å². The number of carbonyl (C=O) groups is 1. The highest BCUT2D eigenvalue weighted by atomic mass is 32.1. The smallest absolute Gasteiger partial charge is 0.307 e. The Balaban J connectivity index is 1.78. The van der Waals surface area contributed by atoms with E-state index >= 15 is 0 Å². The summed E-state index contributed by atoms with van der Waals surface area (Å²) in [5.74, 6) is 0.271. The fraction of sp³-hybridized carbons (Fsp3) is 0.158. The molecule has 0 aliphatic heterocycles. The van der Waals surface area contributed by atoms with Gasteiger partial charge in [-0.15, -0.1) is 0 Å². The molecule has 3 aromatic rings. The second-order valence-electron chi connectivity index (χ2n) is 5.71. The third-order valence-electron chi connectivity index (χ3n) is 3.81. The molecule has 1 aromatic heterocycles. The number of ether oxygens (including phenoxy) is 1. The summed E-state index contributed by atoms with van der Waals surface area (Å²) in [6, 6.07) is 14.8. The normalized spacial score (nSPS) is 10.5. The van der Waals surface area contributed by atoms with Crippen LogP contribution in [0.4, 0.5) is 5.69 Å². The maximum atomic E-state index is 12.3. The van der Waals surface area contributed by atoms with Crippen LogP contribution in [0.25, 0.3) is 0 Å². The number of amides is 1. The molecule has 7 heteroatoms. The van der Waals surface area contributed by atoms with Gasteiger partial charge < -0.3 is 15.2 Å². The number of benzene rings is 2. The molecule has 2 aromatic carbocycles. The van der Waals surface area contributed by atoms with E-state index in [9.17, 15) is 14.7 Å². The van der Waals surface area contributed by atoms with Crippen molar-refractivity contribution < 1.29 is 14.6 Å². The summed E-state index contributed by atoms with van der Waals surface area (Å²) >= 11 is 0.961. The van der Waals surface area contributed by atoms with Gasteiger partial charge in [-0.1, -0.05) is 47.7 Å². The van der Waals surface area contributed by atoms with Gasteiger partial charge in [-0.2, -0.15) is 0 Å². The molecule has 1 heterocycles. The van der Waals surface area contributed by atoms with Crippen molar-refractivity contribution in [1.29, 1.82) is 0 Å². The first-order chi connectivity index (χ1) is 12.5. The van der Waals surface area contributed by atoms with Crippen molar-refractivity contribution in [1.82, 2.24) is 4.98 Å². The van der Waals surface area contributed by atoms with E-state index < -0.39 is 0 Å². The van der Waals surface area contributed by atoms with Crippen molar-refractivity contribution >= 4 is 22.9 Å². The number of aromatic nitrogens is 1. The van der Waals surface area contributed by atoms with Crippen molar-refractivity contribution in [2.75, 3.05) is 12.4 Å². The van der Waals surface area contributed by atoms with Crippen LogP contribution in [0.15, 0.2) is 53.3 Å². The monoisotopic (exact) mass is 370 g/mol. The van der Waals surface area contributed by atoms with Crippen LogP contribution in [-0.2, 0) is 17.6 Å². The predicted octanol–water partition coefficient (Wildman–Crippen LogP) is 2.92. The summed E-state index contributed by atoms with van der Waals surface area (Å²) in [4.78, 5) is 26.2. The Morgan fingerprint density at radius 2 is 1.96 bits per heavy atom. The summed E-state index contributed by atoms with van der Waals surface area (Å²) in [6.07, 6.45) is 0.634. The predicted molar refractivity (Wildman–Crippen MR) is 101 cm³/mol. The lowest BCUT2D eigenvalue weighted by atomic mass is 10.1. The molecular weight excluding hydrogens is 352 g/mol. The van der Waals surface area contributed by atoms with E-state index in [1.54, 1.807) is 12.1 Å². The standard InChI is InChI=1S/C19H18N2O4S/c1-25-15-8-7-13(10-16-18(23)21-19(24)26-16)9-14(15)20-17(22)11-12-5-3-2-4-6-12/h2-9,23H,10-11H2,1H3,(H,20,22)(H,21,24). The Morgan fingerprint density at radius 1 is 1.19 bits per heavy atom. The first-order valence-electron chi connectivity index (χ1n) is 7.97. The van der Waals surface area contributed by atoms with Crippen LogP contribution in [-0.4, -0.2) is 23.1 Å². The molecule has 26 heavy (non-hydrogen) atoms. The van der Waals surface area contributed by atoms with E-state index in [1.165, 1.54) is 7.11 Å². The number of nitrogens with one attached hydrogen (secondary N) is 2. The summed E-state index contributed by atoms with van der Waals surface area (Å²) in [6.45, 7) is 0. The number of hydrogen-bond acceptors (Lipinski definition) is 5. The van der Waals surface area contributed by atoms with E-state index in [-0.39, 0.29) is 23.1 Å². The van der Waals surface area contributed by atoms with Gasteiger partial charge in [0.15, 0.2) is 0 Å². The van der Waals surface area contributed by atoms with Crippen molar-refractivity contribution in [3.8, 4) is 11.6 Å². The number of carbonyl (C=O) groups excluding carboxylic acids is 1. The summed E-state index contributed by atoms with van der Waals surface area (Å²) in [7, 11) is 1.53. The van der Waals surface area contributed by atoms with Gasteiger partial charge in [0.1, 0.15) is 5.75 Å². The molecule has 0 spiro atoms. The number of aromatic amines is 1. The molecule has 0 fully saturated rings. The fourth-order valence-corrected chi connectivity index (χ4v) is 3.35. The number of H-pyrrole nitrogens is 1. The minimum atomic E-state index is -0.303. The number of aromatic hydroxyl groups is 1. The lowest BCUT2D eigenvalue weighted by Gasteiger charge is -2.12. The number of hydrogen-bond donors (Lipinski definition) is 3. The van der Waals surface area contributed by atoms with Crippen LogP contribution in [0.2, 0.25) is 0 Å². The van der Waals surface area contributed by atoms with Crippen LogP contribution in [0.5, 0.6) is 11.6 Å². The van der Waals surface area contributed by atoms with Crippen LogP contribution in [0.1, 0.15) is 16.0 Å². The topological polar surface area (TPSA) is 91.4 Å². The van der Waals surface area contributed by atoms with Crippen molar-refractivity contribution in [3.05, 3.63) is 74.2 Å². The molecule has 0 bridgehead atoms. The molecule has 1 amide bonds. The molecule has 0 aliphatic carbocycles. The largest absolute Gasteiger partial charge is 0.495 e. The van der Waals surface area contributed by atoms with E-state index in [1.807, 2.05) is 36.4 Å². The number of thiazole rings is 1. The zero-order chi connectivity index (χ0) is 18.5. The number of anilines is 1. The SMILES string of the molecule is COc1ccc(Cc2sc(=O)[nH]c2O)cc1NC(=O)Cc1ccccc1. The van der Waals surface area contributed by atoms with E-state index in [0.717, 1.165) is 22.5 Å². The first kappa shape index (κ1) is 17.8. The van der Waals surface area contributed by atoms with Gasteiger partial charge in [0.05, 0.1) is 24.1 Å². The Labute approximate surface area is 154 Å². The van der Waals surface area contributed by atoms with Crippen LogP contribution < -0.4 is 14.9 Å². The molecule has 0 saturated heterocycles. The molecule has 0 radical (unpaired) electrons. The van der Waals surface area contributed by atoms with Crippen molar-refractivity contribution in [2.24, 2.45) is 0 Å². The minimum Gasteiger partial charge on any atom is -0.495 e. The number of methoxy groups -OCH3 is 1. The summed E-state index contributed by atoms with van der Waals surface area (Å²) in [5, 5.41) is 12.6. The molecule has 134 valence electrons. The van der Waals surface area contributed by atoms with E-state index in [2.05, 4.69) is 10.3 Å². The van der Waals surface area contributed by atoms with Gasteiger partial charge in [0.25, 0.3) is 0 Å². The van der Waals surface area contributed by atoms with Gasteiger partial charge in [-0.3, -0.25) is 14.6 Å². The first-order valence-corrected chi connectivity index (χ1v) is 8.78. The van der Waals surface area contributed by atoms with E-state index in [4.69, 9.17) is 4.74 Å². The summed E-state index contributed by atoms with van der Waals surface area (Å²) < 4.78 is 5.31. The Kier molecular flexibility index (Phi) is 5.38. The third kappa shape index (κ3) is 4.31. The molecular formula is C19H18N2O4S. The average molecular weight is 370 g/mol. The average Bonchev–Trinajstić information content (AvgIpc) is 2.93. The van der Waals surface area contributed by atoms with Gasteiger partial charge in [0, 0.05) is 6.42 Å². The zero-order valence-corrected chi connectivity index (χ0v) is 14.9. The zero-order valence-electron chi connectivity index (χ0n) is 14.1. The number of rotatable bonds is 6. The highest BCUT2D eigenvalue weighted by molar-refractivity contribution is 7.09. The molecule has 0 aliphatic rings. The van der Waals surface area contributed by atoms with Gasteiger partial charge in [-0.05, 0) is 23.3 Å². The highest BCUT2D eigenvalue weighted by Crippen LogP contribution is 2.28. The maximum Gasteiger partial charge on any atom is 0.307 e. The second-order valence-corrected chi connectivity index (χ2v) is 6.78. The maximum absolute atomic E-state index is 12.3. The Bertz CT molecular complexity index is 963.